The van der Waals surface area contributed by atoms with Crippen molar-refractivity contribution in [2.24, 2.45) is 0 Å². The van der Waals surface area contributed by atoms with Crippen LogP contribution in [0, 0.1) is 13.8 Å². The summed E-state index contributed by atoms with van der Waals surface area (Å²) in [7, 11) is 0. The van der Waals surface area contributed by atoms with Gasteiger partial charge in [0.2, 0.25) is 5.78 Å². The minimum absolute atomic E-state index is 0.146. The first-order valence-electron chi connectivity index (χ1n) is 8.39. The number of hydrogen-bond donors (Lipinski definition) is 1. The van der Waals surface area contributed by atoms with E-state index in [2.05, 4.69) is 4.98 Å². The van der Waals surface area contributed by atoms with Crippen LogP contribution >= 0.6 is 11.3 Å². The molecule has 8 heteroatoms. The molecule has 1 N–H and O–H groups in total. The van der Waals surface area contributed by atoms with Crippen LogP contribution in [0.3, 0.4) is 0 Å². The first-order chi connectivity index (χ1) is 12.7. The maximum atomic E-state index is 12.7. The minimum atomic E-state index is -1.06. The standard InChI is InChI=1S/C19H21NO6S/c1-6-25-19(24)15-9(2)16(20-10(15)3)17(22)12(5)26-18(23)14-8-7-13(27-14)11(4)21/h7-8,12,20H,6H2,1-5H3/t12-/m0/s1. The lowest BCUT2D eigenvalue weighted by atomic mass is 10.1. The predicted molar refractivity (Wildman–Crippen MR) is 99.8 cm³/mol. The molecule has 0 aliphatic carbocycles. The molecule has 2 heterocycles. The van der Waals surface area contributed by atoms with Crippen LogP contribution in [0.1, 0.15) is 72.2 Å². The van der Waals surface area contributed by atoms with Crippen LogP contribution in [0.4, 0.5) is 0 Å². The zero-order valence-corrected chi connectivity index (χ0v) is 16.6. The molecule has 0 fully saturated rings. The summed E-state index contributed by atoms with van der Waals surface area (Å²) in [5.41, 5.74) is 1.47. The normalized spacial score (nSPS) is 11.7. The SMILES string of the molecule is CCOC(=O)c1c(C)[nH]c(C(=O)[C@H](C)OC(=O)c2ccc(C(C)=O)s2)c1C. The summed E-state index contributed by atoms with van der Waals surface area (Å²) in [5.74, 6) is -1.79. The van der Waals surface area contributed by atoms with Gasteiger partial charge in [0.25, 0.3) is 0 Å². The van der Waals surface area contributed by atoms with Crippen LogP contribution in [0.2, 0.25) is 0 Å². The molecular formula is C19H21NO6S. The molecule has 27 heavy (non-hydrogen) atoms. The fraction of sp³-hybridized carbons (Fsp3) is 0.368. The van der Waals surface area contributed by atoms with Crippen molar-refractivity contribution in [3.63, 3.8) is 0 Å². The van der Waals surface area contributed by atoms with Crippen molar-refractivity contribution in [3.8, 4) is 0 Å². The second kappa shape index (κ2) is 8.30. The summed E-state index contributed by atoms with van der Waals surface area (Å²) in [6.45, 7) is 8.09. The van der Waals surface area contributed by atoms with Crippen LogP contribution in [-0.2, 0) is 9.47 Å². The quantitative estimate of drug-likeness (QED) is 0.572. The molecule has 0 bridgehead atoms. The van der Waals surface area contributed by atoms with Gasteiger partial charge in [-0.1, -0.05) is 0 Å². The number of aromatic amines is 1. The molecular weight excluding hydrogens is 370 g/mol. The highest BCUT2D eigenvalue weighted by molar-refractivity contribution is 7.15. The van der Waals surface area contributed by atoms with E-state index in [-0.39, 0.29) is 23.0 Å². The molecule has 0 aliphatic heterocycles. The van der Waals surface area contributed by atoms with E-state index < -0.39 is 23.8 Å². The third kappa shape index (κ3) is 4.33. The van der Waals surface area contributed by atoms with E-state index in [1.807, 2.05) is 0 Å². The van der Waals surface area contributed by atoms with Crippen LogP contribution in [-0.4, -0.2) is 41.2 Å². The molecule has 0 aromatic carbocycles. The van der Waals surface area contributed by atoms with Gasteiger partial charge in [0.15, 0.2) is 11.9 Å². The number of rotatable bonds is 7. The van der Waals surface area contributed by atoms with Gasteiger partial charge in [0.05, 0.1) is 22.7 Å². The molecule has 0 saturated carbocycles. The van der Waals surface area contributed by atoms with Crippen molar-refractivity contribution in [2.45, 2.75) is 40.7 Å². The van der Waals surface area contributed by atoms with Gasteiger partial charge in [0, 0.05) is 5.69 Å². The Bertz CT molecular complexity index is 907. The van der Waals surface area contributed by atoms with Gasteiger partial charge in [-0.2, -0.15) is 0 Å². The molecule has 0 radical (unpaired) electrons. The highest BCUT2D eigenvalue weighted by Gasteiger charge is 2.28. The van der Waals surface area contributed by atoms with E-state index in [9.17, 15) is 19.2 Å². The first kappa shape index (κ1) is 20.6. The Balaban J connectivity index is 2.17. The molecule has 1 atom stereocenters. The van der Waals surface area contributed by atoms with E-state index >= 15 is 0 Å². The zero-order valence-electron chi connectivity index (χ0n) is 15.8. The zero-order chi connectivity index (χ0) is 20.3. The largest absolute Gasteiger partial charge is 0.462 e. The number of Topliss-reactive ketones (excluding diaryl/α,β-unsaturated/α-hetero) is 2. The second-order valence-electron chi connectivity index (χ2n) is 5.98. The monoisotopic (exact) mass is 391 g/mol. The van der Waals surface area contributed by atoms with Crippen molar-refractivity contribution < 1.29 is 28.7 Å². The van der Waals surface area contributed by atoms with Gasteiger partial charge in [0.1, 0.15) is 4.88 Å². The molecule has 2 aromatic rings. The van der Waals surface area contributed by atoms with Crippen molar-refractivity contribution in [3.05, 3.63) is 44.4 Å². The number of ether oxygens (including phenoxy) is 2. The minimum Gasteiger partial charge on any atom is -0.462 e. The summed E-state index contributed by atoms with van der Waals surface area (Å²) in [6.07, 6.45) is -1.06. The summed E-state index contributed by atoms with van der Waals surface area (Å²) in [6, 6.07) is 3.03. The van der Waals surface area contributed by atoms with Gasteiger partial charge in [-0.15, -0.1) is 11.3 Å². The molecule has 0 amide bonds. The van der Waals surface area contributed by atoms with E-state index in [1.165, 1.54) is 19.9 Å². The number of hydrogen-bond acceptors (Lipinski definition) is 7. The topological polar surface area (TPSA) is 103 Å². The van der Waals surface area contributed by atoms with Gasteiger partial charge in [-0.3, -0.25) is 9.59 Å². The molecule has 7 nitrogen and oxygen atoms in total. The van der Waals surface area contributed by atoms with E-state index in [0.717, 1.165) is 11.3 Å². The lowest BCUT2D eigenvalue weighted by Gasteiger charge is -2.11. The van der Waals surface area contributed by atoms with Gasteiger partial charge >= 0.3 is 11.9 Å². The summed E-state index contributed by atoms with van der Waals surface area (Å²) >= 11 is 1.01. The molecule has 0 spiro atoms. The van der Waals surface area contributed by atoms with Crippen molar-refractivity contribution in [1.29, 1.82) is 0 Å². The van der Waals surface area contributed by atoms with Crippen LogP contribution in [0.5, 0.6) is 0 Å². The maximum absolute atomic E-state index is 12.7. The van der Waals surface area contributed by atoms with Gasteiger partial charge in [-0.05, 0) is 52.3 Å². The third-order valence-electron chi connectivity index (χ3n) is 3.97. The number of aryl methyl sites for hydroxylation is 1. The molecule has 0 unspecified atom stereocenters. The number of carbonyl (C=O) groups is 4. The Morgan fingerprint density at radius 3 is 2.30 bits per heavy atom. The maximum Gasteiger partial charge on any atom is 0.349 e. The van der Waals surface area contributed by atoms with Gasteiger partial charge < -0.3 is 14.5 Å². The second-order valence-corrected chi connectivity index (χ2v) is 7.06. The number of nitrogens with one attached hydrogen (secondary N) is 1. The highest BCUT2D eigenvalue weighted by atomic mass is 32.1. The summed E-state index contributed by atoms with van der Waals surface area (Å²) in [4.78, 5) is 51.8. The van der Waals surface area contributed by atoms with Gasteiger partial charge in [-0.25, -0.2) is 9.59 Å². The Morgan fingerprint density at radius 2 is 1.74 bits per heavy atom. The van der Waals surface area contributed by atoms with Crippen LogP contribution in [0.25, 0.3) is 0 Å². The average molecular weight is 391 g/mol. The molecule has 2 rings (SSSR count). The smallest absolute Gasteiger partial charge is 0.349 e. The fourth-order valence-electron chi connectivity index (χ4n) is 2.62. The molecule has 2 aromatic heterocycles. The molecule has 144 valence electrons. The van der Waals surface area contributed by atoms with Crippen molar-refractivity contribution >= 4 is 34.8 Å². The van der Waals surface area contributed by atoms with Crippen LogP contribution < -0.4 is 0 Å². The Hall–Kier alpha value is -2.74. The number of esters is 2. The first-order valence-corrected chi connectivity index (χ1v) is 9.21. The fourth-order valence-corrected chi connectivity index (χ4v) is 3.40. The molecule has 0 saturated heterocycles. The number of ketones is 2. The Kier molecular flexibility index (Phi) is 6.32. The summed E-state index contributed by atoms with van der Waals surface area (Å²) < 4.78 is 10.2. The third-order valence-corrected chi connectivity index (χ3v) is 5.14. The number of thiophene rings is 1. The molecule has 0 aliphatic rings. The van der Waals surface area contributed by atoms with E-state index in [4.69, 9.17) is 9.47 Å². The predicted octanol–water partition coefficient (Wildman–Crippen LogP) is 3.50. The van der Waals surface area contributed by atoms with Crippen LogP contribution in [0.15, 0.2) is 12.1 Å². The van der Waals surface area contributed by atoms with E-state index in [1.54, 1.807) is 26.8 Å². The lowest BCUT2D eigenvalue weighted by Crippen LogP contribution is -2.25. The Labute approximate surface area is 160 Å². The average Bonchev–Trinajstić information content (AvgIpc) is 3.19. The van der Waals surface area contributed by atoms with E-state index in [0.29, 0.717) is 21.7 Å². The number of carbonyl (C=O) groups excluding carboxylic acids is 4. The number of aromatic nitrogens is 1. The number of H-pyrrole nitrogens is 1. The van der Waals surface area contributed by atoms with Crippen molar-refractivity contribution in [1.82, 2.24) is 4.98 Å². The summed E-state index contributed by atoms with van der Waals surface area (Å²) in [5, 5.41) is 0. The van der Waals surface area contributed by atoms with Crippen molar-refractivity contribution in [2.75, 3.05) is 6.61 Å². The highest BCUT2D eigenvalue weighted by Crippen LogP contribution is 2.22. The lowest BCUT2D eigenvalue weighted by molar-refractivity contribution is 0.0321. The Morgan fingerprint density at radius 1 is 1.11 bits per heavy atom.